The molecule has 1 amide bonds. The summed E-state index contributed by atoms with van der Waals surface area (Å²) in [6, 6.07) is 7.97. The highest BCUT2D eigenvalue weighted by atomic mass is 16.1. The number of pyridine rings is 1. The molecule has 1 aromatic carbocycles. The van der Waals surface area contributed by atoms with Gasteiger partial charge in [0.1, 0.15) is 0 Å². The Balaban J connectivity index is 1.55. The fourth-order valence-electron chi connectivity index (χ4n) is 3.61. The van der Waals surface area contributed by atoms with Crippen LogP contribution in [0, 0.1) is 12.8 Å². The monoisotopic (exact) mass is 326 g/mol. The van der Waals surface area contributed by atoms with Crippen molar-refractivity contribution >= 4 is 16.8 Å². The van der Waals surface area contributed by atoms with E-state index < -0.39 is 0 Å². The molecule has 1 fully saturated rings. The molecule has 1 aliphatic rings. The lowest BCUT2D eigenvalue weighted by Crippen LogP contribution is -2.29. The second-order valence-corrected chi connectivity index (χ2v) is 7.02. The van der Waals surface area contributed by atoms with Crippen LogP contribution in [0.25, 0.3) is 10.9 Å². The quantitative estimate of drug-likeness (QED) is 0.884. The summed E-state index contributed by atoms with van der Waals surface area (Å²) >= 11 is 0. The number of aromatic amines is 1. The molecule has 128 valence electrons. The van der Waals surface area contributed by atoms with Gasteiger partial charge in [-0.25, -0.2) is 0 Å². The average Bonchev–Trinajstić information content (AvgIpc) is 2.56. The summed E-state index contributed by atoms with van der Waals surface area (Å²) in [5.74, 6) is 0.667. The zero-order chi connectivity index (χ0) is 16.9. The van der Waals surface area contributed by atoms with E-state index in [4.69, 9.17) is 0 Å². The van der Waals surface area contributed by atoms with Crippen LogP contribution in [0.4, 0.5) is 0 Å². The molecule has 1 saturated carbocycles. The Morgan fingerprint density at radius 3 is 2.79 bits per heavy atom. The van der Waals surface area contributed by atoms with Gasteiger partial charge in [-0.1, -0.05) is 31.4 Å². The largest absolute Gasteiger partial charge is 0.356 e. The Bertz CT molecular complexity index is 773. The molecule has 0 saturated heterocycles. The maximum atomic E-state index is 12.2. The molecular weight excluding hydrogens is 300 g/mol. The second kappa shape index (κ2) is 7.65. The zero-order valence-corrected chi connectivity index (χ0v) is 14.4. The van der Waals surface area contributed by atoms with Crippen LogP contribution in [0.2, 0.25) is 0 Å². The Labute approximate surface area is 142 Å². The molecule has 3 rings (SSSR count). The smallest absolute Gasteiger partial charge is 0.251 e. The number of amides is 1. The predicted octanol–water partition coefficient (Wildman–Crippen LogP) is 3.47. The lowest BCUT2D eigenvalue weighted by Gasteiger charge is -2.20. The molecular formula is C20H26N2O2. The summed E-state index contributed by atoms with van der Waals surface area (Å²) in [5, 5.41) is 4.00. The third-order valence-electron chi connectivity index (χ3n) is 4.99. The molecule has 1 aliphatic carbocycles. The van der Waals surface area contributed by atoms with E-state index in [1.807, 2.05) is 31.2 Å². The van der Waals surface area contributed by atoms with Crippen LogP contribution < -0.4 is 10.9 Å². The number of hydrogen-bond acceptors (Lipinski definition) is 2. The van der Waals surface area contributed by atoms with Crippen molar-refractivity contribution in [1.82, 2.24) is 10.3 Å². The van der Waals surface area contributed by atoms with Gasteiger partial charge in [0.25, 0.3) is 5.56 Å². The lowest BCUT2D eigenvalue weighted by atomic mass is 9.87. The molecule has 1 aromatic heterocycles. The van der Waals surface area contributed by atoms with E-state index in [9.17, 15) is 9.59 Å². The summed E-state index contributed by atoms with van der Waals surface area (Å²) in [7, 11) is 0. The highest BCUT2D eigenvalue weighted by molar-refractivity contribution is 5.79. The second-order valence-electron chi connectivity index (χ2n) is 7.02. The van der Waals surface area contributed by atoms with Crippen molar-refractivity contribution in [3.63, 3.8) is 0 Å². The minimum absolute atomic E-state index is 0.0605. The normalized spacial score (nSPS) is 15.5. The van der Waals surface area contributed by atoms with Crippen LogP contribution in [0.5, 0.6) is 0 Å². The van der Waals surface area contributed by atoms with Gasteiger partial charge in [0.15, 0.2) is 0 Å². The van der Waals surface area contributed by atoms with E-state index in [1.165, 1.54) is 32.1 Å². The molecule has 4 nitrogen and oxygen atoms in total. The van der Waals surface area contributed by atoms with Gasteiger partial charge in [-0.15, -0.1) is 0 Å². The number of carbonyl (C=O) groups is 1. The first-order chi connectivity index (χ1) is 11.6. The van der Waals surface area contributed by atoms with Crippen molar-refractivity contribution in [1.29, 1.82) is 0 Å². The molecule has 24 heavy (non-hydrogen) atoms. The Hall–Kier alpha value is -2.10. The van der Waals surface area contributed by atoms with Crippen LogP contribution in [0.15, 0.2) is 29.1 Å². The van der Waals surface area contributed by atoms with E-state index >= 15 is 0 Å². The van der Waals surface area contributed by atoms with Crippen LogP contribution in [0.1, 0.15) is 49.7 Å². The number of rotatable bonds is 5. The molecule has 2 aromatic rings. The molecule has 1 heterocycles. The topological polar surface area (TPSA) is 62.0 Å². The van der Waals surface area contributed by atoms with Crippen molar-refractivity contribution in [2.75, 3.05) is 6.54 Å². The van der Waals surface area contributed by atoms with Gasteiger partial charge in [-0.05, 0) is 55.2 Å². The number of nitrogens with one attached hydrogen (secondary N) is 2. The van der Waals surface area contributed by atoms with Crippen molar-refractivity contribution in [2.24, 2.45) is 5.92 Å². The number of carbonyl (C=O) groups excluding carboxylic acids is 1. The standard InChI is InChI=1S/C20H26N2O2/c1-14-7-8-16-13-17(20(24)22-18(16)11-14)9-10-21-19(23)12-15-5-3-2-4-6-15/h7-8,11,13,15H,2-6,9-10,12H2,1H3,(H,21,23)(H,22,24). The molecule has 4 heteroatoms. The first-order valence-corrected chi connectivity index (χ1v) is 9.01. The van der Waals surface area contributed by atoms with E-state index in [-0.39, 0.29) is 11.5 Å². The highest BCUT2D eigenvalue weighted by Gasteiger charge is 2.16. The van der Waals surface area contributed by atoms with Crippen LogP contribution >= 0.6 is 0 Å². The number of benzene rings is 1. The van der Waals surface area contributed by atoms with Crippen molar-refractivity contribution in [2.45, 2.75) is 51.9 Å². The first kappa shape index (κ1) is 16.7. The predicted molar refractivity (Wildman–Crippen MR) is 97.2 cm³/mol. The third kappa shape index (κ3) is 4.25. The maximum Gasteiger partial charge on any atom is 0.251 e. The summed E-state index contributed by atoms with van der Waals surface area (Å²) in [6.07, 6.45) is 7.37. The summed E-state index contributed by atoms with van der Waals surface area (Å²) in [5.41, 5.74) is 2.66. The third-order valence-corrected chi connectivity index (χ3v) is 4.99. The van der Waals surface area contributed by atoms with Crippen molar-refractivity contribution < 1.29 is 4.79 Å². The number of fused-ring (bicyclic) bond motifs is 1. The van der Waals surface area contributed by atoms with Crippen LogP contribution in [-0.4, -0.2) is 17.4 Å². The van der Waals surface area contributed by atoms with Crippen molar-refractivity contribution in [3.8, 4) is 0 Å². The summed E-state index contributed by atoms with van der Waals surface area (Å²) in [4.78, 5) is 27.1. The van der Waals surface area contributed by atoms with Gasteiger partial charge >= 0.3 is 0 Å². The highest BCUT2D eigenvalue weighted by Crippen LogP contribution is 2.26. The number of H-pyrrole nitrogens is 1. The van der Waals surface area contributed by atoms with E-state index in [1.54, 1.807) is 0 Å². The minimum Gasteiger partial charge on any atom is -0.356 e. The first-order valence-electron chi connectivity index (χ1n) is 9.01. The lowest BCUT2D eigenvalue weighted by molar-refractivity contribution is -0.122. The Kier molecular flexibility index (Phi) is 5.34. The number of hydrogen-bond donors (Lipinski definition) is 2. The van der Waals surface area contributed by atoms with Gasteiger partial charge in [0, 0.05) is 24.0 Å². The van der Waals surface area contributed by atoms with Gasteiger partial charge in [-0.2, -0.15) is 0 Å². The number of aromatic nitrogens is 1. The molecule has 2 N–H and O–H groups in total. The van der Waals surface area contributed by atoms with Gasteiger partial charge in [-0.3, -0.25) is 9.59 Å². The maximum absolute atomic E-state index is 12.2. The molecule has 0 aliphatic heterocycles. The fraction of sp³-hybridized carbons (Fsp3) is 0.500. The van der Waals surface area contributed by atoms with Gasteiger partial charge in [0.2, 0.25) is 5.91 Å². The summed E-state index contributed by atoms with van der Waals surface area (Å²) < 4.78 is 0. The molecule has 0 unspecified atom stereocenters. The Morgan fingerprint density at radius 2 is 2.00 bits per heavy atom. The SMILES string of the molecule is Cc1ccc2cc(CCNC(=O)CC3CCCCC3)c(=O)[nH]c2c1. The van der Waals surface area contributed by atoms with Gasteiger partial charge in [0.05, 0.1) is 0 Å². The van der Waals surface area contributed by atoms with E-state index in [2.05, 4.69) is 10.3 Å². The summed E-state index contributed by atoms with van der Waals surface area (Å²) in [6.45, 7) is 2.53. The average molecular weight is 326 g/mol. The molecule has 0 bridgehead atoms. The minimum atomic E-state index is -0.0605. The Morgan fingerprint density at radius 1 is 1.21 bits per heavy atom. The molecule has 0 spiro atoms. The number of aryl methyl sites for hydroxylation is 1. The van der Waals surface area contributed by atoms with Crippen molar-refractivity contribution in [3.05, 3.63) is 45.7 Å². The molecule has 0 radical (unpaired) electrons. The van der Waals surface area contributed by atoms with Gasteiger partial charge < -0.3 is 10.3 Å². The van der Waals surface area contributed by atoms with Crippen LogP contribution in [-0.2, 0) is 11.2 Å². The zero-order valence-electron chi connectivity index (χ0n) is 14.4. The van der Waals surface area contributed by atoms with E-state index in [0.29, 0.717) is 25.3 Å². The molecule has 0 atom stereocenters. The van der Waals surface area contributed by atoms with E-state index in [0.717, 1.165) is 22.0 Å². The fourth-order valence-corrected chi connectivity index (χ4v) is 3.61. The van der Waals surface area contributed by atoms with Crippen LogP contribution in [0.3, 0.4) is 0 Å².